The zero-order chi connectivity index (χ0) is 10.9. The number of phosphoric acid groups is 3. The Bertz CT molecular complexity index is 286. The molecule has 0 rings (SSSR count). The van der Waals surface area contributed by atoms with Crippen molar-refractivity contribution in [2.75, 3.05) is 0 Å². The van der Waals surface area contributed by atoms with E-state index in [-0.39, 0.29) is 118 Å². The average Bonchev–Trinajstić information content (AvgIpc) is 1.43. The van der Waals surface area contributed by atoms with Gasteiger partial charge in [-0.25, -0.2) is 13.7 Å². The molecule has 0 aromatic heterocycles. The molecule has 0 atom stereocenters. The van der Waals surface area contributed by atoms with E-state index in [0.717, 1.165) is 0 Å². The second-order valence-corrected chi connectivity index (χ2v) is 5.82. The summed E-state index contributed by atoms with van der Waals surface area (Å²) in [6.45, 7) is 0. The van der Waals surface area contributed by atoms with Gasteiger partial charge < -0.3 is 24.5 Å². The van der Waals surface area contributed by atoms with Crippen LogP contribution in [0.4, 0.5) is 0 Å². The first-order valence-corrected chi connectivity index (χ1v) is 6.83. The molecule has 88 valence electrons. The van der Waals surface area contributed by atoms with Crippen LogP contribution in [0.25, 0.3) is 0 Å². The molecule has 5 N–H and O–H groups in total. The molecule has 0 heterocycles. The molecular formula is H9Na4O10P3. The van der Waals surface area contributed by atoms with Crippen molar-refractivity contribution in [3.63, 3.8) is 0 Å². The quantitative estimate of drug-likeness (QED) is 0.255. The first-order chi connectivity index (χ1) is 5.41. The van der Waals surface area contributed by atoms with Crippen LogP contribution in [0, 0.1) is 0 Å². The van der Waals surface area contributed by atoms with Crippen molar-refractivity contribution < 1.29 is 46.8 Å². The standard InChI is InChI=1S/4Na.H5O10P3.4H/c;;;;1-11(2,3)9-13(7,8)10-12(4,5)6;;;;/h;;;;(H,7,8)(H2,1,2,3)(H2,4,5,6);;;;. The predicted octanol–water partition coefficient (Wildman–Crippen LogP) is -3.29. The van der Waals surface area contributed by atoms with Crippen molar-refractivity contribution in [1.29, 1.82) is 0 Å². The van der Waals surface area contributed by atoms with E-state index in [1.54, 1.807) is 0 Å². The van der Waals surface area contributed by atoms with Crippen molar-refractivity contribution in [1.82, 2.24) is 0 Å². The minimum absolute atomic E-state index is 0. The molecule has 0 bridgehead atoms. The molecule has 0 aromatic carbocycles. The Labute approximate surface area is 185 Å². The van der Waals surface area contributed by atoms with Gasteiger partial charge in [-0.05, 0) is 0 Å². The van der Waals surface area contributed by atoms with Crippen molar-refractivity contribution in [2.45, 2.75) is 0 Å². The Morgan fingerprint density at radius 2 is 0.765 bits per heavy atom. The molecule has 0 fully saturated rings. The zero-order valence-corrected chi connectivity index (χ0v) is 8.30. The van der Waals surface area contributed by atoms with Gasteiger partial charge in [0, 0.05) is 0 Å². The number of hydrogen-bond donors (Lipinski definition) is 5. The predicted molar refractivity (Wildman–Crippen MR) is 64.7 cm³/mol. The van der Waals surface area contributed by atoms with Crippen LogP contribution in [0.5, 0.6) is 0 Å². The van der Waals surface area contributed by atoms with Crippen LogP contribution < -0.4 is 0 Å². The van der Waals surface area contributed by atoms with Gasteiger partial charge in [-0.3, -0.25) is 0 Å². The Hall–Kier alpha value is 4.41. The zero-order valence-electron chi connectivity index (χ0n) is 5.62. The van der Waals surface area contributed by atoms with E-state index in [4.69, 9.17) is 24.5 Å². The molecule has 17 heavy (non-hydrogen) atoms. The maximum absolute atomic E-state index is 10.4. The summed E-state index contributed by atoms with van der Waals surface area (Å²) in [7, 11) is -16.2. The fraction of sp³-hybridized carbons (Fsp3) is 0. The summed E-state index contributed by atoms with van der Waals surface area (Å²) in [5.74, 6) is 0. The van der Waals surface area contributed by atoms with Crippen molar-refractivity contribution in [3.05, 3.63) is 0 Å². The normalized spacial score (nSPS) is 11.1. The third kappa shape index (κ3) is 25.7. The Morgan fingerprint density at radius 1 is 0.588 bits per heavy atom. The summed E-state index contributed by atoms with van der Waals surface area (Å²) < 4.78 is 36.4. The van der Waals surface area contributed by atoms with Crippen LogP contribution in [0.1, 0.15) is 0 Å². The van der Waals surface area contributed by atoms with E-state index in [0.29, 0.717) is 0 Å². The number of hydrogen-bond acceptors (Lipinski definition) is 5. The minimum atomic E-state index is -5.46. The topological polar surface area (TPSA) is 171 Å². The van der Waals surface area contributed by atoms with Gasteiger partial charge in [-0.1, -0.05) is 0 Å². The van der Waals surface area contributed by atoms with Crippen molar-refractivity contribution in [3.8, 4) is 0 Å². The summed E-state index contributed by atoms with van der Waals surface area (Å²) in [5.41, 5.74) is 0. The van der Waals surface area contributed by atoms with Crippen LogP contribution in [0.3, 0.4) is 0 Å². The maximum atomic E-state index is 10.4. The van der Waals surface area contributed by atoms with Gasteiger partial charge in [-0.2, -0.15) is 8.62 Å². The van der Waals surface area contributed by atoms with Crippen LogP contribution >= 0.6 is 23.5 Å². The third-order valence-corrected chi connectivity index (χ3v) is 3.77. The van der Waals surface area contributed by atoms with Crippen molar-refractivity contribution >= 4 is 142 Å². The molecule has 0 aliphatic rings. The monoisotopic (exact) mass is 354 g/mol. The van der Waals surface area contributed by atoms with E-state index in [1.165, 1.54) is 0 Å². The Kier molecular flexibility index (Phi) is 25.1. The summed E-state index contributed by atoms with van der Waals surface area (Å²) in [5, 5.41) is 0. The fourth-order valence-electron chi connectivity index (χ4n) is 0.284. The Morgan fingerprint density at radius 3 is 0.882 bits per heavy atom. The van der Waals surface area contributed by atoms with E-state index in [2.05, 4.69) is 8.62 Å². The molecule has 0 saturated heterocycles. The number of rotatable bonds is 4. The Balaban J connectivity index is -0.000000120. The van der Waals surface area contributed by atoms with E-state index < -0.39 is 23.5 Å². The average molecular weight is 354 g/mol. The molecule has 0 aliphatic heterocycles. The molecule has 17 heteroatoms. The van der Waals surface area contributed by atoms with Gasteiger partial charge in [0.05, 0.1) is 0 Å². The van der Waals surface area contributed by atoms with E-state index >= 15 is 0 Å². The summed E-state index contributed by atoms with van der Waals surface area (Å²) in [6.07, 6.45) is 0. The second-order valence-electron chi connectivity index (χ2n) is 1.61. The summed E-state index contributed by atoms with van der Waals surface area (Å²) in [4.78, 5) is 40.2. The molecule has 10 nitrogen and oxygen atoms in total. The third-order valence-electron chi connectivity index (χ3n) is 0.419. The van der Waals surface area contributed by atoms with Gasteiger partial charge >= 0.3 is 142 Å². The van der Waals surface area contributed by atoms with E-state index in [1.807, 2.05) is 0 Å². The second kappa shape index (κ2) is 12.9. The van der Waals surface area contributed by atoms with Gasteiger partial charge in [0.25, 0.3) is 0 Å². The van der Waals surface area contributed by atoms with Gasteiger partial charge in [0.15, 0.2) is 0 Å². The van der Waals surface area contributed by atoms with Crippen molar-refractivity contribution in [2.24, 2.45) is 0 Å². The van der Waals surface area contributed by atoms with Gasteiger partial charge in [0.2, 0.25) is 0 Å². The molecule has 0 radical (unpaired) electrons. The first-order valence-electron chi connectivity index (χ1n) is 2.28. The van der Waals surface area contributed by atoms with Crippen LogP contribution in [-0.2, 0) is 22.3 Å². The van der Waals surface area contributed by atoms with Crippen LogP contribution in [-0.4, -0.2) is 143 Å². The van der Waals surface area contributed by atoms with Crippen LogP contribution in [0.2, 0.25) is 0 Å². The molecule has 0 amide bonds. The molecule has 0 aromatic rings. The first kappa shape index (κ1) is 33.1. The summed E-state index contributed by atoms with van der Waals surface area (Å²) in [6, 6.07) is 0. The summed E-state index contributed by atoms with van der Waals surface area (Å²) >= 11 is 0. The molecule has 0 saturated carbocycles. The molecule has 0 spiro atoms. The van der Waals surface area contributed by atoms with Gasteiger partial charge in [0.1, 0.15) is 0 Å². The van der Waals surface area contributed by atoms with Crippen LogP contribution in [0.15, 0.2) is 0 Å². The fourth-order valence-corrected chi connectivity index (χ4v) is 2.82. The molecule has 0 aliphatic carbocycles. The SMILES string of the molecule is O=P(O)(O)OP(=O)(O)OP(=O)(O)O.[NaH].[NaH].[NaH].[NaH]. The molecule has 0 unspecified atom stereocenters. The molecular weight excluding hydrogens is 345 g/mol. The van der Waals surface area contributed by atoms with Gasteiger partial charge in [-0.15, -0.1) is 0 Å². The van der Waals surface area contributed by atoms with E-state index in [9.17, 15) is 13.7 Å².